The van der Waals surface area contributed by atoms with E-state index in [0.717, 1.165) is 25.7 Å². The summed E-state index contributed by atoms with van der Waals surface area (Å²) >= 11 is 0. The van der Waals surface area contributed by atoms with Crippen molar-refractivity contribution >= 4 is 11.8 Å². The Morgan fingerprint density at radius 1 is 0.833 bits per heavy atom. The van der Waals surface area contributed by atoms with Crippen molar-refractivity contribution in [2.24, 2.45) is 22.7 Å². The molecule has 3 heteroatoms. The Morgan fingerprint density at radius 3 is 2.03 bits per heavy atom. The molecule has 208 valence electrons. The van der Waals surface area contributed by atoms with Crippen LogP contribution in [0.2, 0.25) is 0 Å². The molecule has 36 heavy (non-hydrogen) atoms. The summed E-state index contributed by atoms with van der Waals surface area (Å²) in [6, 6.07) is 0. The van der Waals surface area contributed by atoms with Crippen LogP contribution in [0.5, 0.6) is 0 Å². The van der Waals surface area contributed by atoms with Crippen LogP contribution in [0.15, 0.2) is 11.6 Å². The van der Waals surface area contributed by atoms with Crippen LogP contribution < -0.4 is 0 Å². The minimum Gasteiger partial charge on any atom is -0.465 e. The molecule has 2 aliphatic carbocycles. The second kappa shape index (κ2) is 16.0. The molecule has 3 nitrogen and oxygen atoms in total. The van der Waals surface area contributed by atoms with Crippen molar-refractivity contribution in [3.05, 3.63) is 11.6 Å². The first-order valence-corrected chi connectivity index (χ1v) is 15.5. The second-order valence-electron chi connectivity index (χ2n) is 13.0. The fraction of sp³-hybridized carbons (Fsp3) is 0.879. The summed E-state index contributed by atoms with van der Waals surface area (Å²) in [6.45, 7) is 12.3. The Kier molecular flexibility index (Phi) is 13.8. The predicted octanol–water partition coefficient (Wildman–Crippen LogP) is 9.77. The number of hydrogen-bond acceptors (Lipinski definition) is 3. The second-order valence-corrected chi connectivity index (χ2v) is 13.0. The molecule has 0 aromatic rings. The first-order valence-electron chi connectivity index (χ1n) is 15.5. The van der Waals surface area contributed by atoms with Gasteiger partial charge >= 0.3 is 5.97 Å². The first-order chi connectivity index (χ1) is 17.2. The first kappa shape index (κ1) is 31.1. The normalized spacial score (nSPS) is 25.2. The minimum atomic E-state index is -0.0919. The van der Waals surface area contributed by atoms with Gasteiger partial charge in [0.15, 0.2) is 0 Å². The number of rotatable bonds is 18. The summed E-state index contributed by atoms with van der Waals surface area (Å²) in [5, 5.41) is 0. The summed E-state index contributed by atoms with van der Waals surface area (Å²) in [5.41, 5.74) is 1.98. The van der Waals surface area contributed by atoms with Gasteiger partial charge in [0.1, 0.15) is 5.78 Å². The molecule has 1 fully saturated rings. The summed E-state index contributed by atoms with van der Waals surface area (Å²) < 4.78 is 5.82. The average Bonchev–Trinajstić information content (AvgIpc) is 2.82. The molecule has 0 saturated heterocycles. The third-order valence-corrected chi connectivity index (χ3v) is 9.60. The summed E-state index contributed by atoms with van der Waals surface area (Å²) in [7, 11) is 0. The maximum Gasteiger partial charge on any atom is 0.305 e. The number of ketones is 1. The van der Waals surface area contributed by atoms with Gasteiger partial charge in [-0.1, -0.05) is 104 Å². The third kappa shape index (κ3) is 9.97. The van der Waals surface area contributed by atoms with Crippen molar-refractivity contribution in [1.82, 2.24) is 0 Å². The van der Waals surface area contributed by atoms with Crippen LogP contribution in [0.25, 0.3) is 0 Å². The van der Waals surface area contributed by atoms with Crippen molar-refractivity contribution in [2.75, 3.05) is 6.61 Å². The fourth-order valence-electron chi connectivity index (χ4n) is 7.23. The SMILES string of the molecule is CCCCCCCCCCCCC(=O)CCCCC(=O)OCC1C(C)=CCC2C(C)(C)CCCC12C. The molecule has 0 bridgehead atoms. The van der Waals surface area contributed by atoms with Gasteiger partial charge in [-0.2, -0.15) is 0 Å². The molecule has 1 saturated carbocycles. The van der Waals surface area contributed by atoms with Crippen LogP contribution in [0.3, 0.4) is 0 Å². The highest BCUT2D eigenvalue weighted by atomic mass is 16.5. The van der Waals surface area contributed by atoms with Crippen LogP contribution in [-0.2, 0) is 14.3 Å². The van der Waals surface area contributed by atoms with Crippen molar-refractivity contribution in [3.63, 3.8) is 0 Å². The van der Waals surface area contributed by atoms with E-state index >= 15 is 0 Å². The Bertz CT molecular complexity index is 691. The van der Waals surface area contributed by atoms with E-state index < -0.39 is 0 Å². The van der Waals surface area contributed by atoms with E-state index in [9.17, 15) is 9.59 Å². The lowest BCUT2D eigenvalue weighted by molar-refractivity contribution is -0.148. The molecule has 0 radical (unpaired) electrons. The van der Waals surface area contributed by atoms with Crippen LogP contribution >= 0.6 is 0 Å². The van der Waals surface area contributed by atoms with E-state index in [0.29, 0.717) is 48.9 Å². The summed E-state index contributed by atoms with van der Waals surface area (Å²) in [4.78, 5) is 24.7. The lowest BCUT2D eigenvalue weighted by atomic mass is 9.49. The van der Waals surface area contributed by atoms with Gasteiger partial charge in [0.05, 0.1) is 6.61 Å². The molecule has 0 aromatic heterocycles. The van der Waals surface area contributed by atoms with Gasteiger partial charge in [-0.3, -0.25) is 9.59 Å². The Labute approximate surface area is 223 Å². The number of unbranched alkanes of at least 4 members (excludes halogenated alkanes) is 10. The van der Waals surface area contributed by atoms with E-state index in [4.69, 9.17) is 4.74 Å². The minimum absolute atomic E-state index is 0.0919. The van der Waals surface area contributed by atoms with Gasteiger partial charge in [-0.15, -0.1) is 0 Å². The van der Waals surface area contributed by atoms with Crippen molar-refractivity contribution in [2.45, 2.75) is 157 Å². The number of carbonyl (C=O) groups is 2. The molecule has 0 aromatic carbocycles. The maximum absolute atomic E-state index is 12.5. The molecule has 2 rings (SSSR count). The number of esters is 1. The summed E-state index contributed by atoms with van der Waals surface area (Å²) in [5.74, 6) is 1.27. The zero-order chi connectivity index (χ0) is 26.4. The van der Waals surface area contributed by atoms with E-state index in [1.807, 2.05) is 0 Å². The molecule has 0 N–H and O–H groups in total. The number of hydrogen-bond donors (Lipinski definition) is 0. The Morgan fingerprint density at radius 2 is 1.39 bits per heavy atom. The van der Waals surface area contributed by atoms with Crippen LogP contribution in [-0.4, -0.2) is 18.4 Å². The lowest BCUT2D eigenvalue weighted by Gasteiger charge is -2.56. The molecular weight excluding hydrogens is 444 g/mol. The zero-order valence-corrected chi connectivity index (χ0v) is 24.6. The molecule has 0 amide bonds. The van der Waals surface area contributed by atoms with Gasteiger partial charge < -0.3 is 4.74 Å². The lowest BCUT2D eigenvalue weighted by Crippen LogP contribution is -2.49. The molecule has 3 unspecified atom stereocenters. The largest absolute Gasteiger partial charge is 0.465 e. The van der Waals surface area contributed by atoms with E-state index in [-0.39, 0.29) is 11.4 Å². The number of carbonyl (C=O) groups excluding carboxylic acids is 2. The smallest absolute Gasteiger partial charge is 0.305 e. The van der Waals surface area contributed by atoms with Crippen LogP contribution in [0.4, 0.5) is 0 Å². The highest BCUT2D eigenvalue weighted by Crippen LogP contribution is 2.59. The Hall–Kier alpha value is -1.12. The van der Waals surface area contributed by atoms with E-state index in [1.165, 1.54) is 82.6 Å². The molecule has 0 heterocycles. The Balaban J connectivity index is 1.54. The maximum atomic E-state index is 12.5. The van der Waals surface area contributed by atoms with Crippen LogP contribution in [0.1, 0.15) is 157 Å². The number of fused-ring (bicyclic) bond motifs is 1. The molecule has 0 aliphatic heterocycles. The van der Waals surface area contributed by atoms with Crippen molar-refractivity contribution in [1.29, 1.82) is 0 Å². The van der Waals surface area contributed by atoms with Gasteiger partial charge in [0.25, 0.3) is 0 Å². The highest BCUT2D eigenvalue weighted by molar-refractivity contribution is 5.78. The van der Waals surface area contributed by atoms with Gasteiger partial charge in [0, 0.05) is 25.2 Å². The van der Waals surface area contributed by atoms with Gasteiger partial charge in [-0.05, 0) is 62.2 Å². The van der Waals surface area contributed by atoms with Gasteiger partial charge in [0.2, 0.25) is 0 Å². The van der Waals surface area contributed by atoms with E-state index in [1.54, 1.807) is 0 Å². The van der Waals surface area contributed by atoms with Crippen LogP contribution in [0, 0.1) is 22.7 Å². The van der Waals surface area contributed by atoms with Crippen molar-refractivity contribution < 1.29 is 14.3 Å². The number of ether oxygens (including phenoxy) is 1. The third-order valence-electron chi connectivity index (χ3n) is 9.60. The zero-order valence-electron chi connectivity index (χ0n) is 24.6. The molecule has 3 atom stereocenters. The monoisotopic (exact) mass is 502 g/mol. The number of allylic oxidation sites excluding steroid dienone is 1. The number of Topliss-reactive ketones (excluding diaryl/α,β-unsaturated/α-hetero) is 1. The quantitative estimate of drug-likeness (QED) is 0.106. The standard InChI is InChI=1S/C33H58O3/c1-6-7-8-9-10-11-12-13-14-15-19-28(34)20-16-17-21-31(35)36-26-29-27(2)22-23-30-32(3,4)24-18-25-33(29,30)5/h22,29-30H,6-21,23-26H2,1-5H3. The topological polar surface area (TPSA) is 43.4 Å². The van der Waals surface area contributed by atoms with E-state index in [2.05, 4.69) is 40.7 Å². The van der Waals surface area contributed by atoms with Crippen molar-refractivity contribution in [3.8, 4) is 0 Å². The molecule has 2 aliphatic rings. The summed E-state index contributed by atoms with van der Waals surface area (Å²) in [6.07, 6.45) is 23.7. The molecular formula is C33H58O3. The molecule has 0 spiro atoms. The predicted molar refractivity (Wildman–Crippen MR) is 152 cm³/mol. The highest BCUT2D eigenvalue weighted by Gasteiger charge is 2.52. The fourth-order valence-corrected chi connectivity index (χ4v) is 7.23. The average molecular weight is 503 g/mol. The van der Waals surface area contributed by atoms with Gasteiger partial charge in [-0.25, -0.2) is 0 Å².